The van der Waals surface area contributed by atoms with E-state index in [1.165, 1.54) is 18.5 Å². The molecule has 1 aliphatic rings. The van der Waals surface area contributed by atoms with Crippen molar-refractivity contribution in [3.63, 3.8) is 0 Å². The Morgan fingerprint density at radius 1 is 1.53 bits per heavy atom. The second-order valence-electron chi connectivity index (χ2n) is 4.09. The third kappa shape index (κ3) is 3.90. The van der Waals surface area contributed by atoms with Crippen molar-refractivity contribution in [3.8, 4) is 0 Å². The number of halogens is 1. The quantitative estimate of drug-likeness (QED) is 0.712. The molecule has 6 nitrogen and oxygen atoms in total. The van der Waals surface area contributed by atoms with Crippen LogP contribution in [0.4, 0.5) is 0 Å². The van der Waals surface area contributed by atoms with Crippen molar-refractivity contribution >= 4 is 39.7 Å². The Morgan fingerprint density at radius 3 is 2.74 bits per heavy atom. The predicted octanol–water partition coefficient (Wildman–Crippen LogP) is 0.0272. The van der Waals surface area contributed by atoms with Crippen molar-refractivity contribution in [2.24, 2.45) is 5.92 Å². The van der Waals surface area contributed by atoms with Crippen LogP contribution in [0.1, 0.15) is 9.67 Å². The fourth-order valence-corrected chi connectivity index (χ4v) is 3.43. The molecule has 0 aromatic carbocycles. The molecule has 1 fully saturated rings. The van der Waals surface area contributed by atoms with Gasteiger partial charge in [0.15, 0.2) is 0 Å². The van der Waals surface area contributed by atoms with Crippen LogP contribution < -0.4 is 15.4 Å². The van der Waals surface area contributed by atoms with Crippen molar-refractivity contribution in [1.29, 1.82) is 0 Å². The van der Waals surface area contributed by atoms with E-state index in [1.807, 2.05) is 0 Å². The van der Waals surface area contributed by atoms with Crippen molar-refractivity contribution in [2.75, 3.05) is 26.7 Å². The maximum absolute atomic E-state index is 11.8. The minimum atomic E-state index is -3.47. The lowest BCUT2D eigenvalue weighted by Gasteiger charge is -2.26. The standard InChI is InChI=1S/C10H15N3O3S2.ClH/c1-11-18(15,16)8-2-9(17-6-8)10(14)13-5-7-3-12-4-7;/h2,6-7,11-12H,3-5H2,1H3,(H,13,14);1H. The van der Waals surface area contributed by atoms with Crippen LogP contribution in [0.2, 0.25) is 0 Å². The van der Waals surface area contributed by atoms with Crippen LogP contribution in [0.15, 0.2) is 16.3 Å². The van der Waals surface area contributed by atoms with Crippen molar-refractivity contribution < 1.29 is 13.2 Å². The molecular weight excluding hydrogens is 310 g/mol. The van der Waals surface area contributed by atoms with Gasteiger partial charge in [-0.3, -0.25) is 4.79 Å². The molecule has 1 amide bonds. The van der Waals surface area contributed by atoms with E-state index in [1.54, 1.807) is 0 Å². The molecule has 0 saturated carbocycles. The number of hydrogen-bond acceptors (Lipinski definition) is 5. The van der Waals surface area contributed by atoms with Gasteiger partial charge in [0.1, 0.15) is 0 Å². The van der Waals surface area contributed by atoms with Crippen molar-refractivity contribution in [2.45, 2.75) is 4.90 Å². The van der Waals surface area contributed by atoms with Gasteiger partial charge < -0.3 is 10.6 Å². The molecule has 0 aliphatic carbocycles. The molecule has 9 heteroatoms. The second kappa shape index (κ2) is 6.67. The first-order valence-corrected chi connectivity index (χ1v) is 7.90. The minimum Gasteiger partial charge on any atom is -0.351 e. The largest absolute Gasteiger partial charge is 0.351 e. The maximum Gasteiger partial charge on any atom is 0.261 e. The average molecular weight is 326 g/mol. The number of nitrogens with one attached hydrogen (secondary N) is 3. The average Bonchev–Trinajstić information content (AvgIpc) is 2.76. The third-order valence-corrected chi connectivity index (χ3v) is 5.27. The van der Waals surface area contributed by atoms with Crippen LogP contribution in [0.25, 0.3) is 0 Å². The Labute approximate surface area is 122 Å². The van der Waals surface area contributed by atoms with Crippen LogP contribution in [0, 0.1) is 5.92 Å². The molecule has 2 rings (SSSR count). The monoisotopic (exact) mass is 325 g/mol. The number of carbonyl (C=O) groups is 1. The van der Waals surface area contributed by atoms with Crippen molar-refractivity contribution in [3.05, 3.63) is 16.3 Å². The Balaban J connectivity index is 0.00000180. The van der Waals surface area contributed by atoms with Gasteiger partial charge in [-0.1, -0.05) is 0 Å². The highest BCUT2D eigenvalue weighted by Crippen LogP contribution is 2.18. The predicted molar refractivity (Wildman–Crippen MR) is 76.5 cm³/mol. The molecule has 1 saturated heterocycles. The van der Waals surface area contributed by atoms with Crippen LogP contribution in [0.3, 0.4) is 0 Å². The summed E-state index contributed by atoms with van der Waals surface area (Å²) in [5, 5.41) is 7.38. The van der Waals surface area contributed by atoms with E-state index >= 15 is 0 Å². The summed E-state index contributed by atoms with van der Waals surface area (Å²) in [5.41, 5.74) is 0. The van der Waals surface area contributed by atoms with E-state index in [9.17, 15) is 13.2 Å². The Bertz CT molecular complexity index is 540. The molecule has 19 heavy (non-hydrogen) atoms. The molecule has 0 radical (unpaired) electrons. The van der Waals surface area contributed by atoms with Gasteiger partial charge in [-0.05, 0) is 13.1 Å². The summed E-state index contributed by atoms with van der Waals surface area (Å²) in [4.78, 5) is 12.3. The molecule has 108 valence electrons. The van der Waals surface area contributed by atoms with Gasteiger partial charge in [-0.15, -0.1) is 23.7 Å². The maximum atomic E-state index is 11.8. The number of thiophene rings is 1. The molecule has 0 atom stereocenters. The van der Waals surface area contributed by atoms with Gasteiger partial charge in [0.05, 0.1) is 9.77 Å². The Hall–Kier alpha value is -0.670. The summed E-state index contributed by atoms with van der Waals surface area (Å²) >= 11 is 1.13. The highest BCUT2D eigenvalue weighted by molar-refractivity contribution is 7.89. The van der Waals surface area contributed by atoms with Crippen LogP contribution in [0.5, 0.6) is 0 Å². The molecule has 0 bridgehead atoms. The van der Waals surface area contributed by atoms with Gasteiger partial charge >= 0.3 is 0 Å². The zero-order valence-electron chi connectivity index (χ0n) is 10.3. The summed E-state index contributed by atoms with van der Waals surface area (Å²) in [5.74, 6) is 0.263. The smallest absolute Gasteiger partial charge is 0.261 e. The summed E-state index contributed by atoms with van der Waals surface area (Å²) in [7, 11) is -2.12. The SMILES string of the molecule is CNS(=O)(=O)c1csc(C(=O)NCC2CNC2)c1.Cl. The molecule has 1 aromatic heterocycles. The van der Waals surface area contributed by atoms with E-state index < -0.39 is 10.0 Å². The summed E-state index contributed by atoms with van der Waals surface area (Å²) < 4.78 is 25.2. The third-order valence-electron chi connectivity index (χ3n) is 2.80. The molecule has 0 unspecified atom stereocenters. The van der Waals surface area contributed by atoms with Gasteiger partial charge in [0, 0.05) is 30.9 Å². The van der Waals surface area contributed by atoms with Crippen LogP contribution >= 0.6 is 23.7 Å². The highest BCUT2D eigenvalue weighted by atomic mass is 35.5. The van der Waals surface area contributed by atoms with Gasteiger partial charge in [0.2, 0.25) is 10.0 Å². The first-order chi connectivity index (χ1) is 8.53. The molecule has 1 aliphatic heterocycles. The summed E-state index contributed by atoms with van der Waals surface area (Å²) in [6.45, 7) is 2.46. The molecule has 1 aromatic rings. The topological polar surface area (TPSA) is 87.3 Å². The van der Waals surface area contributed by atoms with E-state index in [-0.39, 0.29) is 23.2 Å². The first kappa shape index (κ1) is 16.4. The van der Waals surface area contributed by atoms with Gasteiger partial charge in [0.25, 0.3) is 5.91 Å². The van der Waals surface area contributed by atoms with Crippen molar-refractivity contribution in [1.82, 2.24) is 15.4 Å². The molecule has 2 heterocycles. The highest BCUT2D eigenvalue weighted by Gasteiger charge is 2.20. The number of amides is 1. The Kier molecular flexibility index (Phi) is 5.75. The van der Waals surface area contributed by atoms with Crippen LogP contribution in [-0.2, 0) is 10.0 Å². The van der Waals surface area contributed by atoms with Gasteiger partial charge in [-0.25, -0.2) is 13.1 Å². The zero-order valence-corrected chi connectivity index (χ0v) is 12.8. The summed E-state index contributed by atoms with van der Waals surface area (Å²) in [6.07, 6.45) is 0. The minimum absolute atomic E-state index is 0. The molecule has 0 spiro atoms. The van der Waals surface area contributed by atoms with E-state index in [0.29, 0.717) is 17.3 Å². The Morgan fingerprint density at radius 2 is 2.21 bits per heavy atom. The molecule has 3 N–H and O–H groups in total. The number of hydrogen-bond donors (Lipinski definition) is 3. The van der Waals surface area contributed by atoms with Crippen LogP contribution in [-0.4, -0.2) is 41.0 Å². The molecular formula is C10H16ClN3O3S2. The fraction of sp³-hybridized carbons (Fsp3) is 0.500. The fourth-order valence-electron chi connectivity index (χ4n) is 1.51. The number of sulfonamides is 1. The lowest BCUT2D eigenvalue weighted by Crippen LogP contribution is -2.48. The number of carbonyl (C=O) groups excluding carboxylic acids is 1. The van der Waals surface area contributed by atoms with Gasteiger partial charge in [-0.2, -0.15) is 0 Å². The normalized spacial score (nSPS) is 15.4. The zero-order chi connectivity index (χ0) is 13.2. The summed E-state index contributed by atoms with van der Waals surface area (Å²) in [6, 6.07) is 1.39. The second-order valence-corrected chi connectivity index (χ2v) is 6.89. The van der Waals surface area contributed by atoms with E-state index in [0.717, 1.165) is 24.4 Å². The first-order valence-electron chi connectivity index (χ1n) is 5.54. The lowest BCUT2D eigenvalue weighted by atomic mass is 10.0. The number of rotatable bonds is 5. The van der Waals surface area contributed by atoms with E-state index in [4.69, 9.17) is 0 Å². The lowest BCUT2D eigenvalue weighted by molar-refractivity contribution is 0.0946. The van der Waals surface area contributed by atoms with E-state index in [2.05, 4.69) is 15.4 Å².